The van der Waals surface area contributed by atoms with E-state index in [0.29, 0.717) is 6.04 Å². The number of hydrogen-bond acceptors (Lipinski definition) is 3. The highest BCUT2D eigenvalue weighted by atomic mass is 32.1. The van der Waals surface area contributed by atoms with Crippen LogP contribution in [0.1, 0.15) is 43.5 Å². The quantitative estimate of drug-likeness (QED) is 0.775. The van der Waals surface area contributed by atoms with Gasteiger partial charge in [0.15, 0.2) is 0 Å². The van der Waals surface area contributed by atoms with Crippen LogP contribution >= 0.6 is 11.3 Å². The van der Waals surface area contributed by atoms with Crippen molar-refractivity contribution in [1.29, 1.82) is 0 Å². The van der Waals surface area contributed by atoms with E-state index in [2.05, 4.69) is 34.7 Å². The summed E-state index contributed by atoms with van der Waals surface area (Å²) in [5.41, 5.74) is 0. The minimum absolute atomic E-state index is 0.506. The van der Waals surface area contributed by atoms with E-state index in [1.54, 1.807) is 0 Å². The van der Waals surface area contributed by atoms with E-state index >= 15 is 0 Å². The van der Waals surface area contributed by atoms with Crippen molar-refractivity contribution in [3.63, 3.8) is 0 Å². The first-order valence-electron chi connectivity index (χ1n) is 7.34. The molecular weight excluding hydrogens is 240 g/mol. The average Bonchev–Trinajstić information content (AvgIpc) is 3.28. The monoisotopic (exact) mass is 264 g/mol. The highest BCUT2D eigenvalue weighted by molar-refractivity contribution is 7.10. The summed E-state index contributed by atoms with van der Waals surface area (Å²) in [4.78, 5) is 4.18. The first kappa shape index (κ1) is 12.6. The Bertz CT molecular complexity index is 355. The molecule has 0 amide bonds. The minimum atomic E-state index is 0.506. The van der Waals surface area contributed by atoms with Gasteiger partial charge in [-0.05, 0) is 50.0 Å². The van der Waals surface area contributed by atoms with Gasteiger partial charge in [0.25, 0.3) is 0 Å². The molecule has 0 aromatic carbocycles. The third-order valence-corrected chi connectivity index (χ3v) is 5.13. The number of nitrogens with one attached hydrogen (secondary N) is 1. The molecule has 0 radical (unpaired) electrons. The molecule has 1 aromatic heterocycles. The molecule has 1 atom stereocenters. The predicted molar refractivity (Wildman–Crippen MR) is 78.1 cm³/mol. The van der Waals surface area contributed by atoms with Crippen LogP contribution in [-0.4, -0.2) is 30.6 Å². The van der Waals surface area contributed by atoms with Crippen molar-refractivity contribution < 1.29 is 0 Å². The molecule has 2 fully saturated rings. The first-order valence-corrected chi connectivity index (χ1v) is 8.21. The Morgan fingerprint density at radius 2 is 2.22 bits per heavy atom. The van der Waals surface area contributed by atoms with Gasteiger partial charge in [-0.2, -0.15) is 0 Å². The van der Waals surface area contributed by atoms with E-state index < -0.39 is 0 Å². The molecule has 0 spiro atoms. The molecule has 100 valence electrons. The molecule has 1 N–H and O–H groups in total. The molecule has 18 heavy (non-hydrogen) atoms. The maximum atomic E-state index is 3.66. The predicted octanol–water partition coefficient (Wildman–Crippen LogP) is 3.27. The summed E-state index contributed by atoms with van der Waals surface area (Å²) in [6.45, 7) is 5.99. The van der Waals surface area contributed by atoms with Gasteiger partial charge >= 0.3 is 0 Å². The third kappa shape index (κ3) is 3.56. The number of hydrogen-bond donors (Lipinski definition) is 1. The molecule has 0 saturated heterocycles. The maximum Gasteiger partial charge on any atom is 0.0386 e. The van der Waals surface area contributed by atoms with Crippen molar-refractivity contribution in [2.24, 2.45) is 5.92 Å². The van der Waals surface area contributed by atoms with E-state index in [0.717, 1.165) is 18.5 Å². The summed E-state index contributed by atoms with van der Waals surface area (Å²) < 4.78 is 0. The van der Waals surface area contributed by atoms with Gasteiger partial charge in [-0.15, -0.1) is 11.3 Å². The molecule has 1 aromatic rings. The molecule has 2 aliphatic carbocycles. The van der Waals surface area contributed by atoms with Gasteiger partial charge in [-0.25, -0.2) is 0 Å². The Labute approximate surface area is 114 Å². The second-order valence-electron chi connectivity index (χ2n) is 5.86. The Morgan fingerprint density at radius 3 is 2.83 bits per heavy atom. The van der Waals surface area contributed by atoms with Crippen LogP contribution in [0.5, 0.6) is 0 Å². The maximum absolute atomic E-state index is 3.66. The second-order valence-corrected chi connectivity index (χ2v) is 6.84. The molecule has 1 heterocycles. The van der Waals surface area contributed by atoms with Crippen LogP contribution in [0.3, 0.4) is 0 Å². The van der Waals surface area contributed by atoms with Gasteiger partial charge in [-0.3, -0.25) is 4.90 Å². The third-order valence-electron chi connectivity index (χ3n) is 4.07. The lowest BCUT2D eigenvalue weighted by Crippen LogP contribution is -2.35. The van der Waals surface area contributed by atoms with Gasteiger partial charge < -0.3 is 5.32 Å². The summed E-state index contributed by atoms with van der Waals surface area (Å²) >= 11 is 1.85. The van der Waals surface area contributed by atoms with E-state index in [4.69, 9.17) is 0 Å². The van der Waals surface area contributed by atoms with Crippen LogP contribution in [-0.2, 0) is 0 Å². The Balaban J connectivity index is 1.39. The Morgan fingerprint density at radius 1 is 1.39 bits per heavy atom. The van der Waals surface area contributed by atoms with Crippen molar-refractivity contribution in [2.45, 2.75) is 44.7 Å². The van der Waals surface area contributed by atoms with E-state index in [1.807, 2.05) is 11.3 Å². The molecule has 0 aliphatic heterocycles. The van der Waals surface area contributed by atoms with E-state index in [9.17, 15) is 0 Å². The Kier molecular flexibility index (Phi) is 4.02. The van der Waals surface area contributed by atoms with Gasteiger partial charge in [-0.1, -0.05) is 6.07 Å². The Hall–Kier alpha value is -0.380. The number of rotatable bonds is 8. The van der Waals surface area contributed by atoms with Crippen molar-refractivity contribution in [2.75, 3.05) is 19.6 Å². The molecule has 3 rings (SSSR count). The largest absolute Gasteiger partial charge is 0.308 e. The zero-order valence-electron chi connectivity index (χ0n) is 11.3. The van der Waals surface area contributed by atoms with Crippen molar-refractivity contribution in [3.8, 4) is 0 Å². The lowest BCUT2D eigenvalue weighted by Gasteiger charge is -2.23. The van der Waals surface area contributed by atoms with Crippen LogP contribution in [0.2, 0.25) is 0 Å². The molecule has 0 bridgehead atoms. The summed E-state index contributed by atoms with van der Waals surface area (Å²) in [7, 11) is 0. The molecule has 1 unspecified atom stereocenters. The van der Waals surface area contributed by atoms with Gasteiger partial charge in [0.05, 0.1) is 0 Å². The number of thiophene rings is 1. The fraction of sp³-hybridized carbons (Fsp3) is 0.733. The topological polar surface area (TPSA) is 15.3 Å². The normalized spacial score (nSPS) is 21.4. The molecule has 2 aliphatic rings. The smallest absolute Gasteiger partial charge is 0.0386 e. The van der Waals surface area contributed by atoms with Crippen LogP contribution in [0.15, 0.2) is 17.5 Å². The summed E-state index contributed by atoms with van der Waals surface area (Å²) in [6, 6.07) is 5.80. The fourth-order valence-electron chi connectivity index (χ4n) is 2.56. The summed E-state index contributed by atoms with van der Waals surface area (Å²) in [5.74, 6) is 1.03. The average molecular weight is 264 g/mol. The number of nitrogens with zero attached hydrogens (tertiary/aromatic N) is 1. The van der Waals surface area contributed by atoms with Gasteiger partial charge in [0, 0.05) is 36.6 Å². The summed E-state index contributed by atoms with van der Waals surface area (Å²) in [5, 5.41) is 5.82. The molecule has 3 heteroatoms. The zero-order valence-corrected chi connectivity index (χ0v) is 12.1. The fourth-order valence-corrected chi connectivity index (χ4v) is 3.32. The lowest BCUT2D eigenvalue weighted by molar-refractivity contribution is 0.250. The van der Waals surface area contributed by atoms with Gasteiger partial charge in [0.1, 0.15) is 0 Å². The highest BCUT2D eigenvalue weighted by Gasteiger charge is 2.33. The second kappa shape index (κ2) is 5.72. The first-order chi connectivity index (χ1) is 8.83. The van der Waals surface area contributed by atoms with Crippen LogP contribution < -0.4 is 5.32 Å². The highest BCUT2D eigenvalue weighted by Crippen LogP contribution is 2.34. The standard InChI is InChI=1S/C15H24N2S/c1-12(15-3-2-10-18-15)16-8-9-17(14-6-7-14)11-13-4-5-13/h2-3,10,12-14,16H,4-9,11H2,1H3. The van der Waals surface area contributed by atoms with Crippen LogP contribution in [0.25, 0.3) is 0 Å². The summed E-state index contributed by atoms with van der Waals surface area (Å²) in [6.07, 6.45) is 5.82. The van der Waals surface area contributed by atoms with Crippen LogP contribution in [0.4, 0.5) is 0 Å². The van der Waals surface area contributed by atoms with E-state index in [1.165, 1.54) is 43.6 Å². The van der Waals surface area contributed by atoms with E-state index in [-0.39, 0.29) is 0 Å². The SMILES string of the molecule is CC(NCCN(CC1CC1)C1CC1)c1cccs1. The lowest BCUT2D eigenvalue weighted by atomic mass is 10.2. The zero-order chi connectivity index (χ0) is 12.4. The minimum Gasteiger partial charge on any atom is -0.308 e. The molecular formula is C15H24N2S. The molecule has 2 nitrogen and oxygen atoms in total. The van der Waals surface area contributed by atoms with Crippen molar-refractivity contribution >= 4 is 11.3 Å². The molecule has 2 saturated carbocycles. The van der Waals surface area contributed by atoms with Gasteiger partial charge in [0.2, 0.25) is 0 Å². The van der Waals surface area contributed by atoms with Crippen molar-refractivity contribution in [1.82, 2.24) is 10.2 Å². The van der Waals surface area contributed by atoms with Crippen molar-refractivity contribution in [3.05, 3.63) is 22.4 Å². The van der Waals surface area contributed by atoms with Crippen LogP contribution in [0, 0.1) is 5.92 Å².